The van der Waals surface area contributed by atoms with E-state index in [1.54, 1.807) is 36.5 Å². The average Bonchev–Trinajstić information content (AvgIpc) is 2.68. The van der Waals surface area contributed by atoms with Crippen molar-refractivity contribution in [3.8, 4) is 0 Å². The average molecular weight is 356 g/mol. The van der Waals surface area contributed by atoms with Gasteiger partial charge in [-0.1, -0.05) is 6.07 Å². The lowest BCUT2D eigenvalue weighted by Gasteiger charge is -2.31. The lowest BCUT2D eigenvalue weighted by molar-refractivity contribution is -0.384. The summed E-state index contributed by atoms with van der Waals surface area (Å²) >= 11 is 0. The van der Waals surface area contributed by atoms with Crippen molar-refractivity contribution in [1.29, 1.82) is 0 Å². The molecule has 0 bridgehead atoms. The molecule has 1 aromatic heterocycles. The van der Waals surface area contributed by atoms with Gasteiger partial charge in [0.25, 0.3) is 11.6 Å². The second kappa shape index (κ2) is 7.92. The second-order valence-corrected chi connectivity index (χ2v) is 6.08. The van der Waals surface area contributed by atoms with Crippen LogP contribution in [0.5, 0.6) is 0 Å². The first-order valence-electron chi connectivity index (χ1n) is 8.32. The Hall–Kier alpha value is -3.00. The molecule has 1 aromatic carbocycles. The third kappa shape index (κ3) is 3.97. The molecule has 0 saturated carbocycles. The number of benzene rings is 1. The molecule has 26 heavy (non-hydrogen) atoms. The van der Waals surface area contributed by atoms with Gasteiger partial charge in [0.15, 0.2) is 0 Å². The SMILES string of the molecule is CN(Cc1cccnc1)C(=O)c1cc([N+](=O)[O-])ccc1N1CCOCC1. The van der Waals surface area contributed by atoms with E-state index < -0.39 is 4.92 Å². The van der Waals surface area contributed by atoms with Crippen LogP contribution < -0.4 is 4.90 Å². The zero-order valence-electron chi connectivity index (χ0n) is 14.5. The van der Waals surface area contributed by atoms with Crippen LogP contribution in [0.25, 0.3) is 0 Å². The number of non-ortho nitro benzene ring substituents is 1. The van der Waals surface area contributed by atoms with E-state index in [-0.39, 0.29) is 11.6 Å². The zero-order valence-corrected chi connectivity index (χ0v) is 14.5. The summed E-state index contributed by atoms with van der Waals surface area (Å²) in [5, 5.41) is 11.2. The number of hydrogen-bond donors (Lipinski definition) is 0. The number of rotatable bonds is 5. The number of hydrogen-bond acceptors (Lipinski definition) is 6. The highest BCUT2D eigenvalue weighted by Gasteiger charge is 2.24. The monoisotopic (exact) mass is 356 g/mol. The van der Waals surface area contributed by atoms with E-state index in [0.29, 0.717) is 44.1 Å². The molecule has 1 aliphatic heterocycles. The molecular weight excluding hydrogens is 336 g/mol. The van der Waals surface area contributed by atoms with Gasteiger partial charge >= 0.3 is 0 Å². The summed E-state index contributed by atoms with van der Waals surface area (Å²) in [6.45, 7) is 2.79. The van der Waals surface area contributed by atoms with Gasteiger partial charge in [0, 0.05) is 51.2 Å². The van der Waals surface area contributed by atoms with Crippen LogP contribution in [-0.4, -0.2) is 54.1 Å². The molecule has 1 fully saturated rings. The van der Waals surface area contributed by atoms with Crippen LogP contribution >= 0.6 is 0 Å². The van der Waals surface area contributed by atoms with Gasteiger partial charge in [0.2, 0.25) is 0 Å². The molecule has 3 rings (SSSR count). The van der Waals surface area contributed by atoms with E-state index >= 15 is 0 Å². The summed E-state index contributed by atoms with van der Waals surface area (Å²) in [4.78, 5) is 31.3. The number of morpholine rings is 1. The van der Waals surface area contributed by atoms with Gasteiger partial charge in [-0.15, -0.1) is 0 Å². The molecule has 0 N–H and O–H groups in total. The molecule has 0 aliphatic carbocycles. The number of anilines is 1. The van der Waals surface area contributed by atoms with E-state index in [4.69, 9.17) is 4.74 Å². The van der Waals surface area contributed by atoms with Gasteiger partial charge in [-0.3, -0.25) is 19.9 Å². The van der Waals surface area contributed by atoms with Gasteiger partial charge in [-0.2, -0.15) is 0 Å². The Morgan fingerprint density at radius 3 is 2.77 bits per heavy atom. The predicted octanol–water partition coefficient (Wildman–Crippen LogP) is 2.10. The Bertz CT molecular complexity index is 791. The lowest BCUT2D eigenvalue weighted by Crippen LogP contribution is -2.38. The van der Waals surface area contributed by atoms with Crippen LogP contribution in [0.15, 0.2) is 42.7 Å². The lowest BCUT2D eigenvalue weighted by atomic mass is 10.1. The number of ether oxygens (including phenoxy) is 1. The summed E-state index contributed by atoms with van der Waals surface area (Å²) in [6, 6.07) is 8.12. The Morgan fingerprint density at radius 1 is 1.35 bits per heavy atom. The predicted molar refractivity (Wildman–Crippen MR) is 96.2 cm³/mol. The summed E-state index contributed by atoms with van der Waals surface area (Å²) in [6.07, 6.45) is 3.36. The number of carbonyl (C=O) groups excluding carboxylic acids is 1. The van der Waals surface area contributed by atoms with E-state index in [1.165, 1.54) is 12.1 Å². The van der Waals surface area contributed by atoms with Crippen molar-refractivity contribution in [2.75, 3.05) is 38.3 Å². The van der Waals surface area contributed by atoms with Gasteiger partial charge in [-0.25, -0.2) is 0 Å². The van der Waals surface area contributed by atoms with Crippen LogP contribution in [0.3, 0.4) is 0 Å². The fourth-order valence-corrected chi connectivity index (χ4v) is 2.93. The molecule has 136 valence electrons. The largest absolute Gasteiger partial charge is 0.378 e. The smallest absolute Gasteiger partial charge is 0.270 e. The third-order valence-electron chi connectivity index (χ3n) is 4.26. The molecule has 1 amide bonds. The highest BCUT2D eigenvalue weighted by Crippen LogP contribution is 2.27. The maximum Gasteiger partial charge on any atom is 0.270 e. The fourth-order valence-electron chi connectivity index (χ4n) is 2.93. The quantitative estimate of drug-likeness (QED) is 0.602. The molecule has 2 aromatic rings. The number of amides is 1. The highest BCUT2D eigenvalue weighted by atomic mass is 16.6. The number of nitro groups is 1. The van der Waals surface area contributed by atoms with Crippen molar-refractivity contribution in [3.63, 3.8) is 0 Å². The Morgan fingerprint density at radius 2 is 2.12 bits per heavy atom. The summed E-state index contributed by atoms with van der Waals surface area (Å²) in [5.41, 5.74) is 1.82. The zero-order chi connectivity index (χ0) is 18.5. The van der Waals surface area contributed by atoms with Gasteiger partial charge in [-0.05, 0) is 17.7 Å². The number of aromatic nitrogens is 1. The first-order chi connectivity index (χ1) is 12.6. The van der Waals surface area contributed by atoms with E-state index in [1.807, 2.05) is 11.0 Å². The van der Waals surface area contributed by atoms with Crippen molar-refractivity contribution < 1.29 is 14.5 Å². The number of nitrogens with zero attached hydrogens (tertiary/aromatic N) is 4. The maximum absolute atomic E-state index is 13.0. The van der Waals surface area contributed by atoms with Crippen molar-refractivity contribution in [3.05, 3.63) is 64.0 Å². The normalized spacial score (nSPS) is 14.1. The molecule has 8 nitrogen and oxygen atoms in total. The third-order valence-corrected chi connectivity index (χ3v) is 4.26. The molecule has 8 heteroatoms. The minimum Gasteiger partial charge on any atom is -0.378 e. The molecule has 0 radical (unpaired) electrons. The molecule has 1 saturated heterocycles. The minimum atomic E-state index is -0.485. The minimum absolute atomic E-state index is 0.0971. The van der Waals surface area contributed by atoms with Gasteiger partial charge in [0.1, 0.15) is 0 Å². The topological polar surface area (TPSA) is 88.8 Å². The first kappa shape index (κ1) is 17.8. The fraction of sp³-hybridized carbons (Fsp3) is 0.333. The summed E-state index contributed by atoms with van der Waals surface area (Å²) < 4.78 is 5.36. The molecule has 0 unspecified atom stereocenters. The standard InChI is InChI=1S/C18H20N4O4/c1-20(13-14-3-2-6-19-12-14)18(23)16-11-15(22(24)25)4-5-17(16)21-7-9-26-10-8-21/h2-6,11-12H,7-10,13H2,1H3. The maximum atomic E-state index is 13.0. The van der Waals surface area contributed by atoms with E-state index in [9.17, 15) is 14.9 Å². The van der Waals surface area contributed by atoms with Gasteiger partial charge < -0.3 is 14.5 Å². The summed E-state index contributed by atoms with van der Waals surface area (Å²) in [7, 11) is 1.68. The number of nitro benzene ring substituents is 1. The van der Waals surface area contributed by atoms with Crippen molar-refractivity contribution in [1.82, 2.24) is 9.88 Å². The van der Waals surface area contributed by atoms with Crippen molar-refractivity contribution in [2.45, 2.75) is 6.54 Å². The molecule has 0 atom stereocenters. The van der Waals surface area contributed by atoms with E-state index in [0.717, 1.165) is 5.56 Å². The molecule has 1 aliphatic rings. The Balaban J connectivity index is 1.90. The summed E-state index contributed by atoms with van der Waals surface area (Å²) in [5.74, 6) is -0.265. The van der Waals surface area contributed by atoms with E-state index in [2.05, 4.69) is 4.98 Å². The first-order valence-corrected chi connectivity index (χ1v) is 8.32. The molecular formula is C18H20N4O4. The van der Waals surface area contributed by atoms with Gasteiger partial charge in [0.05, 0.1) is 29.4 Å². The van der Waals surface area contributed by atoms with Crippen LogP contribution in [0.1, 0.15) is 15.9 Å². The second-order valence-electron chi connectivity index (χ2n) is 6.08. The highest BCUT2D eigenvalue weighted by molar-refractivity contribution is 6.00. The Labute approximate surface area is 151 Å². The van der Waals surface area contributed by atoms with Crippen molar-refractivity contribution >= 4 is 17.3 Å². The molecule has 0 spiro atoms. The van der Waals surface area contributed by atoms with Crippen molar-refractivity contribution in [2.24, 2.45) is 0 Å². The number of carbonyl (C=O) groups is 1. The van der Waals surface area contributed by atoms with Crippen LogP contribution in [0, 0.1) is 10.1 Å². The van der Waals surface area contributed by atoms with Crippen LogP contribution in [0.2, 0.25) is 0 Å². The van der Waals surface area contributed by atoms with Crippen LogP contribution in [-0.2, 0) is 11.3 Å². The number of pyridine rings is 1. The van der Waals surface area contributed by atoms with Crippen LogP contribution in [0.4, 0.5) is 11.4 Å². The molecule has 2 heterocycles. The Kier molecular flexibility index (Phi) is 5.43.